The molecule has 1 unspecified atom stereocenters. The highest BCUT2D eigenvalue weighted by molar-refractivity contribution is 5.95. The van der Waals surface area contributed by atoms with E-state index in [1.165, 1.54) is 0 Å². The monoisotopic (exact) mass is 291 g/mol. The van der Waals surface area contributed by atoms with E-state index in [2.05, 4.69) is 19.2 Å². The molecule has 0 heterocycles. The number of aliphatic hydroxyl groups excluding tert-OH is 1. The molecule has 0 aliphatic rings. The van der Waals surface area contributed by atoms with Gasteiger partial charge in [0.15, 0.2) is 0 Å². The van der Waals surface area contributed by atoms with Gasteiger partial charge in [-0.3, -0.25) is 4.79 Å². The number of nitrogens with one attached hydrogen (secondary N) is 1. The van der Waals surface area contributed by atoms with Gasteiger partial charge in [-0.15, -0.1) is 0 Å². The third-order valence-corrected chi connectivity index (χ3v) is 3.20. The molecular weight excluding hydrogens is 266 g/mol. The first kappa shape index (κ1) is 17.2. The van der Waals surface area contributed by atoms with Crippen molar-refractivity contribution in [2.75, 3.05) is 13.7 Å². The van der Waals surface area contributed by atoms with Crippen LogP contribution in [-0.4, -0.2) is 30.8 Å². The molecule has 0 saturated carbocycles. The maximum Gasteiger partial charge on any atom is 0.244 e. The van der Waals surface area contributed by atoms with Crippen LogP contribution in [0.5, 0.6) is 5.75 Å². The summed E-state index contributed by atoms with van der Waals surface area (Å²) in [6.45, 7) is 5.96. The van der Waals surface area contributed by atoms with Crippen molar-refractivity contribution in [2.45, 2.75) is 33.2 Å². The number of hydrogen-bond acceptors (Lipinski definition) is 3. The van der Waals surface area contributed by atoms with Crippen LogP contribution in [0.1, 0.15) is 32.8 Å². The molecule has 0 saturated heterocycles. The summed E-state index contributed by atoms with van der Waals surface area (Å²) in [7, 11) is 1.61. The summed E-state index contributed by atoms with van der Waals surface area (Å²) in [5.74, 6) is 0.995. The van der Waals surface area contributed by atoms with Crippen molar-refractivity contribution >= 4 is 11.5 Å². The van der Waals surface area contributed by atoms with E-state index in [1.807, 2.05) is 31.2 Å². The van der Waals surface area contributed by atoms with Gasteiger partial charge >= 0.3 is 0 Å². The van der Waals surface area contributed by atoms with Crippen LogP contribution in [0.2, 0.25) is 0 Å². The van der Waals surface area contributed by atoms with Gasteiger partial charge in [0.05, 0.1) is 19.8 Å². The van der Waals surface area contributed by atoms with Crippen LogP contribution in [-0.2, 0) is 4.79 Å². The van der Waals surface area contributed by atoms with E-state index < -0.39 is 0 Å². The Morgan fingerprint density at radius 1 is 1.43 bits per heavy atom. The standard InChI is InChI=1S/C17H25NO3/c1-12(2)8-15(11-19)18-17(20)9-13(3)14-6-5-7-16(10-14)21-4/h5-7,9-10,12,15,19H,8,11H2,1-4H3,(H,18,20)/b13-9+. The van der Waals surface area contributed by atoms with Crippen molar-refractivity contribution < 1.29 is 14.6 Å². The summed E-state index contributed by atoms with van der Waals surface area (Å²) in [5.41, 5.74) is 1.79. The zero-order valence-corrected chi connectivity index (χ0v) is 13.2. The van der Waals surface area contributed by atoms with E-state index in [0.717, 1.165) is 23.3 Å². The van der Waals surface area contributed by atoms with Crippen molar-refractivity contribution in [1.29, 1.82) is 0 Å². The molecule has 0 spiro atoms. The second kappa shape index (κ2) is 8.47. The molecule has 116 valence electrons. The van der Waals surface area contributed by atoms with Crippen molar-refractivity contribution in [3.63, 3.8) is 0 Å². The number of aliphatic hydroxyl groups is 1. The van der Waals surface area contributed by atoms with Crippen molar-refractivity contribution in [1.82, 2.24) is 5.32 Å². The molecule has 4 nitrogen and oxygen atoms in total. The highest BCUT2D eigenvalue weighted by Gasteiger charge is 2.12. The van der Waals surface area contributed by atoms with Gasteiger partial charge in [0.25, 0.3) is 0 Å². The van der Waals surface area contributed by atoms with E-state index in [0.29, 0.717) is 5.92 Å². The lowest BCUT2D eigenvalue weighted by molar-refractivity contribution is -0.117. The fraction of sp³-hybridized carbons (Fsp3) is 0.471. The molecular formula is C17H25NO3. The molecule has 0 aliphatic carbocycles. The Labute approximate surface area is 126 Å². The number of benzene rings is 1. The fourth-order valence-corrected chi connectivity index (χ4v) is 2.14. The quantitative estimate of drug-likeness (QED) is 0.759. The number of rotatable bonds is 7. The van der Waals surface area contributed by atoms with Gasteiger partial charge in [-0.05, 0) is 42.5 Å². The summed E-state index contributed by atoms with van der Waals surface area (Å²) in [6.07, 6.45) is 2.31. The zero-order valence-electron chi connectivity index (χ0n) is 13.2. The number of hydrogen-bond donors (Lipinski definition) is 2. The SMILES string of the molecule is COc1cccc(/C(C)=C/C(=O)NC(CO)CC(C)C)c1. The summed E-state index contributed by atoms with van der Waals surface area (Å²) in [5, 5.41) is 12.1. The average molecular weight is 291 g/mol. The minimum atomic E-state index is -0.202. The van der Waals surface area contributed by atoms with Gasteiger partial charge < -0.3 is 15.2 Å². The Hall–Kier alpha value is -1.81. The number of amides is 1. The Morgan fingerprint density at radius 2 is 2.14 bits per heavy atom. The lowest BCUT2D eigenvalue weighted by Gasteiger charge is -2.17. The largest absolute Gasteiger partial charge is 0.497 e. The van der Waals surface area contributed by atoms with Crippen molar-refractivity contribution in [2.24, 2.45) is 5.92 Å². The number of carbonyl (C=O) groups excluding carboxylic acids is 1. The van der Waals surface area contributed by atoms with E-state index >= 15 is 0 Å². The molecule has 21 heavy (non-hydrogen) atoms. The zero-order chi connectivity index (χ0) is 15.8. The van der Waals surface area contributed by atoms with E-state index in [1.54, 1.807) is 13.2 Å². The van der Waals surface area contributed by atoms with Crippen LogP contribution >= 0.6 is 0 Å². The topological polar surface area (TPSA) is 58.6 Å². The number of methoxy groups -OCH3 is 1. The molecule has 0 radical (unpaired) electrons. The van der Waals surface area contributed by atoms with Crippen LogP contribution in [0.25, 0.3) is 5.57 Å². The normalized spacial score (nSPS) is 13.1. The van der Waals surface area contributed by atoms with Gasteiger partial charge in [0.2, 0.25) is 5.91 Å². The smallest absolute Gasteiger partial charge is 0.244 e. The lowest BCUT2D eigenvalue weighted by atomic mass is 10.0. The summed E-state index contributed by atoms with van der Waals surface area (Å²) in [6, 6.07) is 7.36. The maximum atomic E-state index is 12.0. The fourth-order valence-electron chi connectivity index (χ4n) is 2.14. The number of ether oxygens (including phenoxy) is 1. The summed E-state index contributed by atoms with van der Waals surface area (Å²) >= 11 is 0. The van der Waals surface area contributed by atoms with Crippen molar-refractivity contribution in [3.05, 3.63) is 35.9 Å². The molecule has 2 N–H and O–H groups in total. The predicted molar refractivity (Wildman–Crippen MR) is 85.1 cm³/mol. The molecule has 0 aliphatic heterocycles. The van der Waals surface area contributed by atoms with Crippen LogP contribution < -0.4 is 10.1 Å². The molecule has 1 rings (SSSR count). The first-order valence-electron chi connectivity index (χ1n) is 7.20. The second-order valence-electron chi connectivity index (χ2n) is 5.58. The van der Waals surface area contributed by atoms with E-state index in [4.69, 9.17) is 4.74 Å². The highest BCUT2D eigenvalue weighted by atomic mass is 16.5. The minimum absolute atomic E-state index is 0.0457. The van der Waals surface area contributed by atoms with Crippen LogP contribution in [0.15, 0.2) is 30.3 Å². The molecule has 0 bridgehead atoms. The minimum Gasteiger partial charge on any atom is -0.497 e. The van der Waals surface area contributed by atoms with E-state index in [9.17, 15) is 9.90 Å². The average Bonchev–Trinajstić information content (AvgIpc) is 2.45. The molecule has 0 fully saturated rings. The van der Waals surface area contributed by atoms with E-state index in [-0.39, 0.29) is 18.6 Å². The Morgan fingerprint density at radius 3 is 2.71 bits per heavy atom. The van der Waals surface area contributed by atoms with Crippen LogP contribution in [0, 0.1) is 5.92 Å². The Balaban J connectivity index is 2.73. The second-order valence-corrected chi connectivity index (χ2v) is 5.58. The van der Waals surface area contributed by atoms with Gasteiger partial charge in [0, 0.05) is 6.08 Å². The molecule has 1 atom stereocenters. The number of allylic oxidation sites excluding steroid dienone is 1. The van der Waals surface area contributed by atoms with Gasteiger partial charge in [-0.2, -0.15) is 0 Å². The Kier molecular flexibility index (Phi) is 6.96. The third kappa shape index (κ3) is 6.00. The molecule has 1 amide bonds. The van der Waals surface area contributed by atoms with Gasteiger partial charge in [0.1, 0.15) is 5.75 Å². The summed E-state index contributed by atoms with van der Waals surface area (Å²) in [4.78, 5) is 12.0. The molecule has 1 aromatic rings. The van der Waals surface area contributed by atoms with Crippen LogP contribution in [0.4, 0.5) is 0 Å². The first-order valence-corrected chi connectivity index (χ1v) is 7.20. The lowest BCUT2D eigenvalue weighted by Crippen LogP contribution is -2.37. The van der Waals surface area contributed by atoms with Crippen LogP contribution in [0.3, 0.4) is 0 Å². The first-order chi connectivity index (χ1) is 9.96. The summed E-state index contributed by atoms with van der Waals surface area (Å²) < 4.78 is 5.17. The van der Waals surface area contributed by atoms with Gasteiger partial charge in [-0.25, -0.2) is 0 Å². The predicted octanol–water partition coefficient (Wildman–Crippen LogP) is 2.62. The molecule has 1 aromatic carbocycles. The highest BCUT2D eigenvalue weighted by Crippen LogP contribution is 2.19. The maximum absolute atomic E-state index is 12.0. The number of carbonyl (C=O) groups is 1. The Bertz CT molecular complexity index is 495. The van der Waals surface area contributed by atoms with Crippen molar-refractivity contribution in [3.8, 4) is 5.75 Å². The molecule has 0 aromatic heterocycles. The van der Waals surface area contributed by atoms with Gasteiger partial charge in [-0.1, -0.05) is 26.0 Å². The third-order valence-electron chi connectivity index (χ3n) is 3.20. The molecule has 4 heteroatoms.